The van der Waals surface area contributed by atoms with Crippen LogP contribution in [-0.2, 0) is 0 Å². The van der Waals surface area contributed by atoms with Crippen LogP contribution in [0, 0.1) is 11.3 Å². The van der Waals surface area contributed by atoms with Gasteiger partial charge in [0, 0.05) is 11.8 Å². The Morgan fingerprint density at radius 2 is 1.76 bits per heavy atom. The molecule has 122 valence electrons. The number of carbonyl (C=O) groups excluding carboxylic acids is 1. The lowest BCUT2D eigenvalue weighted by atomic mass is 10.0. The second-order valence-corrected chi connectivity index (χ2v) is 5.96. The molecule has 1 aromatic heterocycles. The van der Waals surface area contributed by atoms with Crippen molar-refractivity contribution in [3.63, 3.8) is 0 Å². The van der Waals surface area contributed by atoms with Crippen molar-refractivity contribution in [2.45, 2.75) is 0 Å². The molecule has 6 heteroatoms. The summed E-state index contributed by atoms with van der Waals surface area (Å²) in [6.07, 6.45) is 4.77. The van der Waals surface area contributed by atoms with E-state index in [1.807, 2.05) is 36.4 Å². The van der Waals surface area contributed by atoms with E-state index in [9.17, 15) is 10.1 Å². The van der Waals surface area contributed by atoms with Crippen molar-refractivity contribution in [1.29, 1.82) is 5.26 Å². The van der Waals surface area contributed by atoms with Gasteiger partial charge < -0.3 is 0 Å². The van der Waals surface area contributed by atoms with E-state index in [1.54, 1.807) is 35.3 Å². The summed E-state index contributed by atoms with van der Waals surface area (Å²) in [6, 6.07) is 16.2. The van der Waals surface area contributed by atoms with E-state index in [1.165, 1.54) is 6.08 Å². The molecule has 0 radical (unpaired) electrons. The maximum absolute atomic E-state index is 12.6. The van der Waals surface area contributed by atoms with Crippen LogP contribution in [0.1, 0.15) is 15.9 Å². The lowest BCUT2D eigenvalue weighted by Gasteiger charge is -2.04. The van der Waals surface area contributed by atoms with Gasteiger partial charge >= 0.3 is 0 Å². The van der Waals surface area contributed by atoms with E-state index >= 15 is 0 Å². The largest absolute Gasteiger partial charge is 0.288 e. The molecule has 0 amide bonds. The topological polar surface area (TPSA) is 58.7 Å². The molecule has 0 bridgehead atoms. The number of para-hydroxylation sites is 1. The molecule has 3 rings (SSSR count). The van der Waals surface area contributed by atoms with E-state index in [2.05, 4.69) is 5.10 Å². The molecule has 25 heavy (non-hydrogen) atoms. The number of rotatable bonds is 4. The van der Waals surface area contributed by atoms with Crippen LogP contribution in [0.25, 0.3) is 11.8 Å². The average molecular weight is 368 g/mol. The summed E-state index contributed by atoms with van der Waals surface area (Å²) in [5.74, 6) is -0.523. The van der Waals surface area contributed by atoms with Crippen molar-refractivity contribution >= 4 is 35.1 Å². The third kappa shape index (κ3) is 3.63. The second-order valence-electron chi connectivity index (χ2n) is 5.15. The minimum Gasteiger partial charge on any atom is -0.288 e. The van der Waals surface area contributed by atoms with Gasteiger partial charge in [0.1, 0.15) is 11.6 Å². The number of allylic oxidation sites excluding steroid dienone is 1. The number of ketones is 1. The third-order valence-corrected chi connectivity index (χ3v) is 4.12. The van der Waals surface area contributed by atoms with Gasteiger partial charge in [-0.3, -0.25) is 4.79 Å². The van der Waals surface area contributed by atoms with E-state index in [0.29, 0.717) is 5.56 Å². The molecule has 1 heterocycles. The normalized spacial score (nSPS) is 11.2. The van der Waals surface area contributed by atoms with E-state index in [4.69, 9.17) is 23.2 Å². The molecule has 0 spiro atoms. The van der Waals surface area contributed by atoms with Crippen molar-refractivity contribution in [2.24, 2.45) is 0 Å². The third-order valence-electron chi connectivity index (χ3n) is 3.49. The molecule has 0 saturated carbocycles. The molecule has 0 unspecified atom stereocenters. The first kappa shape index (κ1) is 17.0. The first-order valence-electron chi connectivity index (χ1n) is 7.31. The summed E-state index contributed by atoms with van der Waals surface area (Å²) in [5, 5.41) is 14.0. The van der Waals surface area contributed by atoms with Crippen LogP contribution >= 0.6 is 23.2 Å². The van der Waals surface area contributed by atoms with Crippen molar-refractivity contribution in [1.82, 2.24) is 9.78 Å². The fraction of sp³-hybridized carbons (Fsp3) is 0. The molecule has 0 aliphatic heterocycles. The van der Waals surface area contributed by atoms with E-state index in [0.717, 1.165) is 5.69 Å². The van der Waals surface area contributed by atoms with Crippen LogP contribution in [0.15, 0.2) is 66.5 Å². The first-order valence-corrected chi connectivity index (χ1v) is 8.06. The van der Waals surface area contributed by atoms with Crippen molar-refractivity contribution in [3.8, 4) is 11.8 Å². The highest BCUT2D eigenvalue weighted by molar-refractivity contribution is 6.41. The Kier molecular flexibility index (Phi) is 4.99. The number of nitrogens with zero attached hydrogens (tertiary/aromatic N) is 3. The summed E-state index contributed by atoms with van der Waals surface area (Å²) in [7, 11) is 0. The SMILES string of the molecule is N#C/C(=C/c1cnn(-c2ccccc2)c1)C(=O)c1c(Cl)cccc1Cl. The van der Waals surface area contributed by atoms with Gasteiger partial charge in [0.15, 0.2) is 0 Å². The predicted octanol–water partition coefficient (Wildman–Crippen LogP) is 4.97. The van der Waals surface area contributed by atoms with Gasteiger partial charge in [0.25, 0.3) is 0 Å². The average Bonchev–Trinajstić information content (AvgIpc) is 3.09. The van der Waals surface area contributed by atoms with Gasteiger partial charge in [0.2, 0.25) is 5.78 Å². The van der Waals surface area contributed by atoms with Crippen molar-refractivity contribution in [2.75, 3.05) is 0 Å². The molecular weight excluding hydrogens is 357 g/mol. The fourth-order valence-corrected chi connectivity index (χ4v) is 2.87. The lowest BCUT2D eigenvalue weighted by molar-refractivity contribution is 0.104. The Hall–Kier alpha value is -2.87. The molecule has 0 aliphatic rings. The lowest BCUT2D eigenvalue weighted by Crippen LogP contribution is -2.03. The molecule has 4 nitrogen and oxygen atoms in total. The Bertz CT molecular complexity index is 981. The summed E-state index contributed by atoms with van der Waals surface area (Å²) in [5.41, 5.74) is 1.55. The zero-order valence-corrected chi connectivity index (χ0v) is 14.4. The van der Waals surface area contributed by atoms with Crippen LogP contribution in [0.2, 0.25) is 10.0 Å². The number of carbonyl (C=O) groups is 1. The Morgan fingerprint density at radius 1 is 1.08 bits per heavy atom. The molecule has 0 aliphatic carbocycles. The minimum absolute atomic E-state index is 0.0670. The maximum atomic E-state index is 12.6. The number of Topliss-reactive ketones (excluding diaryl/α,β-unsaturated/α-hetero) is 1. The van der Waals surface area contributed by atoms with Crippen LogP contribution in [0.3, 0.4) is 0 Å². The number of halogens is 2. The molecule has 2 aromatic carbocycles. The van der Waals surface area contributed by atoms with Gasteiger partial charge in [0.05, 0.1) is 27.5 Å². The van der Waals surface area contributed by atoms with E-state index in [-0.39, 0.29) is 21.2 Å². The highest BCUT2D eigenvalue weighted by Crippen LogP contribution is 2.27. The number of aromatic nitrogens is 2. The number of nitriles is 1. The fourth-order valence-electron chi connectivity index (χ4n) is 2.30. The smallest absolute Gasteiger partial charge is 0.206 e. The van der Waals surface area contributed by atoms with Gasteiger partial charge in [-0.25, -0.2) is 4.68 Å². The minimum atomic E-state index is -0.523. The summed E-state index contributed by atoms with van der Waals surface area (Å²) in [4.78, 5) is 12.6. The van der Waals surface area contributed by atoms with Crippen LogP contribution < -0.4 is 0 Å². The van der Waals surface area contributed by atoms with Crippen molar-refractivity contribution in [3.05, 3.63) is 87.7 Å². The highest BCUT2D eigenvalue weighted by atomic mass is 35.5. The Morgan fingerprint density at radius 3 is 2.40 bits per heavy atom. The number of hydrogen-bond acceptors (Lipinski definition) is 3. The predicted molar refractivity (Wildman–Crippen MR) is 97.9 cm³/mol. The molecule has 0 atom stereocenters. The number of hydrogen-bond donors (Lipinski definition) is 0. The quantitative estimate of drug-likeness (QED) is 0.371. The van der Waals surface area contributed by atoms with Crippen LogP contribution in [-0.4, -0.2) is 15.6 Å². The Balaban J connectivity index is 1.95. The molecule has 0 N–H and O–H groups in total. The summed E-state index contributed by atoms with van der Waals surface area (Å²) in [6.45, 7) is 0. The maximum Gasteiger partial charge on any atom is 0.206 e. The first-order chi connectivity index (χ1) is 12.1. The van der Waals surface area contributed by atoms with Crippen LogP contribution in [0.4, 0.5) is 0 Å². The molecule has 0 fully saturated rings. The molecular formula is C19H11Cl2N3O. The standard InChI is InChI=1S/C19H11Cl2N3O/c20-16-7-4-8-17(21)18(16)19(25)14(10-22)9-13-11-23-24(12-13)15-5-2-1-3-6-15/h1-9,11-12H/b14-9-. The number of benzene rings is 2. The highest BCUT2D eigenvalue weighted by Gasteiger charge is 2.19. The molecule has 3 aromatic rings. The van der Waals surface area contributed by atoms with Gasteiger partial charge in [-0.1, -0.05) is 47.5 Å². The van der Waals surface area contributed by atoms with Gasteiger partial charge in [-0.2, -0.15) is 10.4 Å². The van der Waals surface area contributed by atoms with Crippen molar-refractivity contribution < 1.29 is 4.79 Å². The van der Waals surface area contributed by atoms with E-state index < -0.39 is 5.78 Å². The van der Waals surface area contributed by atoms with Crippen LogP contribution in [0.5, 0.6) is 0 Å². The Labute approximate surface area is 154 Å². The zero-order chi connectivity index (χ0) is 17.8. The van der Waals surface area contributed by atoms with Gasteiger partial charge in [-0.15, -0.1) is 0 Å². The molecule has 0 saturated heterocycles. The second kappa shape index (κ2) is 7.35. The monoisotopic (exact) mass is 367 g/mol. The van der Waals surface area contributed by atoms with Gasteiger partial charge in [-0.05, 0) is 30.3 Å². The summed E-state index contributed by atoms with van der Waals surface area (Å²) < 4.78 is 1.66. The summed E-state index contributed by atoms with van der Waals surface area (Å²) >= 11 is 12.1. The zero-order valence-electron chi connectivity index (χ0n) is 12.9.